The monoisotopic (exact) mass is 394 g/mol. The minimum Gasteiger partial charge on any atom is -0.496 e. The summed E-state index contributed by atoms with van der Waals surface area (Å²) in [6, 6.07) is 20.1. The van der Waals surface area contributed by atoms with Crippen molar-refractivity contribution >= 4 is 22.9 Å². The number of aryl methyl sites for hydroxylation is 1. The van der Waals surface area contributed by atoms with Crippen molar-refractivity contribution < 1.29 is 9.53 Å². The number of thiophene rings is 1. The first-order chi connectivity index (χ1) is 13.7. The Morgan fingerprint density at radius 1 is 1.00 bits per heavy atom. The number of nitrogens with one attached hydrogen (secondary N) is 1. The van der Waals surface area contributed by atoms with Crippen molar-refractivity contribution in [3.8, 4) is 5.75 Å². The number of rotatable bonds is 9. The van der Waals surface area contributed by atoms with Gasteiger partial charge in [0.1, 0.15) is 5.75 Å². The van der Waals surface area contributed by atoms with Crippen LogP contribution in [-0.4, -0.2) is 24.5 Å². The van der Waals surface area contributed by atoms with Crippen LogP contribution < -0.4 is 10.1 Å². The van der Waals surface area contributed by atoms with Crippen LogP contribution in [0.5, 0.6) is 5.75 Å². The fraction of sp³-hybridized carbons (Fsp3) is 0.261. The quantitative estimate of drug-likeness (QED) is 0.558. The summed E-state index contributed by atoms with van der Waals surface area (Å²) in [5.74, 6) is 0.836. The van der Waals surface area contributed by atoms with Gasteiger partial charge in [0, 0.05) is 29.2 Å². The third kappa shape index (κ3) is 5.44. The van der Waals surface area contributed by atoms with Gasteiger partial charge in [0.15, 0.2) is 0 Å². The van der Waals surface area contributed by atoms with E-state index in [0.29, 0.717) is 13.1 Å². The molecule has 0 aliphatic heterocycles. The number of carbonyl (C=O) groups is 1. The third-order valence-electron chi connectivity index (χ3n) is 4.59. The van der Waals surface area contributed by atoms with Gasteiger partial charge in [-0.2, -0.15) is 0 Å². The van der Waals surface area contributed by atoms with Gasteiger partial charge in [-0.1, -0.05) is 49.4 Å². The highest BCUT2D eigenvalue weighted by molar-refractivity contribution is 7.09. The molecule has 1 amide bonds. The minimum absolute atomic E-state index is 0.00708. The van der Waals surface area contributed by atoms with Gasteiger partial charge in [0.2, 0.25) is 5.91 Å². The molecule has 0 saturated heterocycles. The SMILES string of the molecule is CCc1ccccc1NC(=O)CN(Cc1cccs1)Cc1ccccc1OC. The third-order valence-corrected chi connectivity index (χ3v) is 5.45. The van der Waals surface area contributed by atoms with Gasteiger partial charge >= 0.3 is 0 Å². The predicted octanol–water partition coefficient (Wildman–Crippen LogP) is 4.96. The number of methoxy groups -OCH3 is 1. The average molecular weight is 395 g/mol. The lowest BCUT2D eigenvalue weighted by molar-refractivity contribution is -0.117. The van der Waals surface area contributed by atoms with Gasteiger partial charge in [0.05, 0.1) is 13.7 Å². The largest absolute Gasteiger partial charge is 0.496 e. The number of amides is 1. The van der Waals surface area contributed by atoms with Crippen molar-refractivity contribution in [3.63, 3.8) is 0 Å². The molecule has 0 saturated carbocycles. The molecule has 28 heavy (non-hydrogen) atoms. The summed E-state index contributed by atoms with van der Waals surface area (Å²) in [4.78, 5) is 16.2. The second-order valence-corrected chi connectivity index (χ2v) is 7.63. The number of nitrogens with zero attached hydrogens (tertiary/aromatic N) is 1. The van der Waals surface area contributed by atoms with Crippen LogP contribution in [0.25, 0.3) is 0 Å². The van der Waals surface area contributed by atoms with Crippen molar-refractivity contribution in [2.24, 2.45) is 0 Å². The molecule has 1 heterocycles. The summed E-state index contributed by atoms with van der Waals surface area (Å²) in [5.41, 5.74) is 3.11. The van der Waals surface area contributed by atoms with Gasteiger partial charge in [-0.05, 0) is 35.6 Å². The Balaban J connectivity index is 1.74. The number of carbonyl (C=O) groups excluding carboxylic acids is 1. The van der Waals surface area contributed by atoms with E-state index >= 15 is 0 Å². The Morgan fingerprint density at radius 2 is 1.75 bits per heavy atom. The Hall–Kier alpha value is -2.63. The highest BCUT2D eigenvalue weighted by Crippen LogP contribution is 2.22. The van der Waals surface area contributed by atoms with E-state index in [-0.39, 0.29) is 5.91 Å². The van der Waals surface area contributed by atoms with Crippen LogP contribution in [0.2, 0.25) is 0 Å². The van der Waals surface area contributed by atoms with Crippen molar-refractivity contribution in [3.05, 3.63) is 82.0 Å². The van der Waals surface area contributed by atoms with E-state index in [1.807, 2.05) is 54.6 Å². The highest BCUT2D eigenvalue weighted by Gasteiger charge is 2.15. The summed E-state index contributed by atoms with van der Waals surface area (Å²) in [6.07, 6.45) is 0.885. The van der Waals surface area contributed by atoms with Crippen molar-refractivity contribution in [2.75, 3.05) is 19.0 Å². The Labute approximate surface area is 170 Å². The molecule has 146 valence electrons. The second-order valence-electron chi connectivity index (χ2n) is 6.60. The molecule has 3 aromatic rings. The topological polar surface area (TPSA) is 41.6 Å². The van der Waals surface area contributed by atoms with Crippen LogP contribution in [0, 0.1) is 0 Å². The highest BCUT2D eigenvalue weighted by atomic mass is 32.1. The predicted molar refractivity (Wildman–Crippen MR) is 116 cm³/mol. The van der Waals surface area contributed by atoms with Gasteiger partial charge in [-0.3, -0.25) is 9.69 Å². The second kappa shape index (κ2) is 10.1. The average Bonchev–Trinajstić information content (AvgIpc) is 3.21. The van der Waals surface area contributed by atoms with Gasteiger partial charge < -0.3 is 10.1 Å². The van der Waals surface area contributed by atoms with E-state index in [2.05, 4.69) is 28.6 Å². The molecule has 0 aliphatic rings. The number of hydrogen-bond donors (Lipinski definition) is 1. The molecular weight excluding hydrogens is 368 g/mol. The normalized spacial score (nSPS) is 10.8. The van der Waals surface area contributed by atoms with Crippen molar-refractivity contribution in [2.45, 2.75) is 26.4 Å². The maximum Gasteiger partial charge on any atom is 0.238 e. The summed E-state index contributed by atoms with van der Waals surface area (Å²) < 4.78 is 5.49. The fourth-order valence-electron chi connectivity index (χ4n) is 3.21. The first-order valence-corrected chi connectivity index (χ1v) is 10.3. The standard InChI is InChI=1S/C23H26N2O2S/c1-3-18-9-4-6-12-21(18)24-23(26)17-25(16-20-11-8-14-28-20)15-19-10-5-7-13-22(19)27-2/h4-14H,3,15-17H2,1-2H3,(H,24,26). The first-order valence-electron chi connectivity index (χ1n) is 9.44. The van der Waals surface area contributed by atoms with Gasteiger partial charge in [-0.15, -0.1) is 11.3 Å². The molecule has 5 heteroatoms. The lowest BCUT2D eigenvalue weighted by Gasteiger charge is -2.22. The number of anilines is 1. The maximum atomic E-state index is 12.8. The summed E-state index contributed by atoms with van der Waals surface area (Å²) in [5, 5.41) is 5.14. The van der Waals surface area contributed by atoms with Crippen LogP contribution >= 0.6 is 11.3 Å². The zero-order valence-electron chi connectivity index (χ0n) is 16.4. The zero-order valence-corrected chi connectivity index (χ0v) is 17.2. The van der Waals surface area contributed by atoms with E-state index in [1.54, 1.807) is 18.4 Å². The molecule has 0 radical (unpaired) electrons. The molecule has 4 nitrogen and oxygen atoms in total. The lowest BCUT2D eigenvalue weighted by Crippen LogP contribution is -2.32. The molecule has 2 aromatic carbocycles. The van der Waals surface area contributed by atoms with E-state index < -0.39 is 0 Å². The van der Waals surface area contributed by atoms with Crippen LogP contribution in [0.1, 0.15) is 22.9 Å². The smallest absolute Gasteiger partial charge is 0.238 e. The Kier molecular flexibility index (Phi) is 7.23. The molecule has 0 bridgehead atoms. The minimum atomic E-state index is -0.00708. The number of ether oxygens (including phenoxy) is 1. The molecule has 0 atom stereocenters. The molecule has 0 spiro atoms. The summed E-state index contributed by atoms with van der Waals surface area (Å²) in [6.45, 7) is 3.77. The molecule has 1 N–H and O–H groups in total. The maximum absolute atomic E-state index is 12.8. The number of benzene rings is 2. The summed E-state index contributed by atoms with van der Waals surface area (Å²) in [7, 11) is 1.68. The van der Waals surface area contributed by atoms with Crippen LogP contribution in [0.4, 0.5) is 5.69 Å². The van der Waals surface area contributed by atoms with E-state index in [9.17, 15) is 4.79 Å². The van der Waals surface area contributed by atoms with Crippen molar-refractivity contribution in [1.82, 2.24) is 4.90 Å². The van der Waals surface area contributed by atoms with E-state index in [1.165, 1.54) is 4.88 Å². The number of para-hydroxylation sites is 2. The van der Waals surface area contributed by atoms with Gasteiger partial charge in [0.25, 0.3) is 0 Å². The molecule has 1 aromatic heterocycles. The lowest BCUT2D eigenvalue weighted by atomic mass is 10.1. The summed E-state index contributed by atoms with van der Waals surface area (Å²) >= 11 is 1.70. The fourth-order valence-corrected chi connectivity index (χ4v) is 3.95. The Bertz CT molecular complexity index is 893. The van der Waals surface area contributed by atoms with Crippen LogP contribution in [0.15, 0.2) is 66.0 Å². The van der Waals surface area contributed by atoms with E-state index in [4.69, 9.17) is 4.74 Å². The number of hydrogen-bond acceptors (Lipinski definition) is 4. The van der Waals surface area contributed by atoms with Crippen molar-refractivity contribution in [1.29, 1.82) is 0 Å². The molecule has 0 fully saturated rings. The first kappa shape index (κ1) is 20.1. The molecule has 0 aliphatic carbocycles. The molecule has 3 rings (SSSR count). The Morgan fingerprint density at radius 3 is 2.46 bits per heavy atom. The molecular formula is C23H26N2O2S. The van der Waals surface area contributed by atoms with Crippen LogP contribution in [0.3, 0.4) is 0 Å². The van der Waals surface area contributed by atoms with Gasteiger partial charge in [-0.25, -0.2) is 0 Å². The molecule has 0 unspecified atom stereocenters. The van der Waals surface area contributed by atoms with E-state index in [0.717, 1.165) is 35.5 Å². The zero-order chi connectivity index (χ0) is 19.8. The van der Waals surface area contributed by atoms with Crippen LogP contribution in [-0.2, 0) is 24.3 Å².